The van der Waals surface area contributed by atoms with Gasteiger partial charge in [-0.1, -0.05) is 0 Å². The summed E-state index contributed by atoms with van der Waals surface area (Å²) >= 11 is 1.50. The number of piperidine rings is 1. The van der Waals surface area contributed by atoms with E-state index in [0.717, 1.165) is 47.5 Å². The molecule has 2 fully saturated rings. The molecule has 1 amide bonds. The molecule has 1 aliphatic carbocycles. The molecule has 28 heavy (non-hydrogen) atoms. The molecular formula is C21H24N4O2S. The first kappa shape index (κ1) is 17.7. The molecule has 3 aromatic heterocycles. The maximum Gasteiger partial charge on any atom is 0.330 e. The molecule has 2 aliphatic rings. The minimum absolute atomic E-state index is 0.0206. The molecule has 3 aromatic rings. The second-order valence-corrected chi connectivity index (χ2v) is 8.95. The van der Waals surface area contributed by atoms with Gasteiger partial charge in [0, 0.05) is 25.8 Å². The molecule has 146 valence electrons. The van der Waals surface area contributed by atoms with E-state index in [-0.39, 0.29) is 17.6 Å². The number of likely N-dealkylation sites (tertiary alicyclic amines) is 1. The van der Waals surface area contributed by atoms with E-state index in [1.807, 2.05) is 44.5 Å². The van der Waals surface area contributed by atoms with E-state index in [0.29, 0.717) is 12.5 Å². The summed E-state index contributed by atoms with van der Waals surface area (Å²) in [5.74, 6) is 0.697. The summed E-state index contributed by atoms with van der Waals surface area (Å²) in [6.45, 7) is 4.06. The smallest absolute Gasteiger partial charge is 0.330 e. The summed E-state index contributed by atoms with van der Waals surface area (Å²) in [4.78, 5) is 33.5. The molecule has 1 aliphatic heterocycles. The second kappa shape index (κ2) is 6.88. The van der Waals surface area contributed by atoms with E-state index in [9.17, 15) is 9.59 Å². The third-order valence-corrected chi connectivity index (χ3v) is 6.97. The number of hydrogen-bond acceptors (Lipinski definition) is 4. The lowest BCUT2D eigenvalue weighted by Gasteiger charge is -2.33. The lowest BCUT2D eigenvalue weighted by Crippen LogP contribution is -2.43. The number of imidazole rings is 1. The molecular weight excluding hydrogens is 372 g/mol. The highest BCUT2D eigenvalue weighted by atomic mass is 32.1. The standard InChI is InChI=1S/C21H24N4O2S/c1-14-8-11-28-18(14)20(26)23-10-3-4-16(13-23)25-19-17(5-2-9-22-19)24(21(25)27)12-15-6-7-15/h2,5,8-9,11,15-16H,3-4,6-7,10,12-13H2,1H3/t16-/m0/s1. The highest BCUT2D eigenvalue weighted by Gasteiger charge is 2.31. The number of carbonyl (C=O) groups excluding carboxylic acids is 1. The zero-order chi connectivity index (χ0) is 19.3. The average molecular weight is 397 g/mol. The van der Waals surface area contributed by atoms with Crippen LogP contribution in [-0.2, 0) is 6.54 Å². The number of thiophene rings is 1. The minimum Gasteiger partial charge on any atom is -0.336 e. The van der Waals surface area contributed by atoms with Gasteiger partial charge < -0.3 is 4.90 Å². The molecule has 7 heteroatoms. The Morgan fingerprint density at radius 3 is 2.89 bits per heavy atom. The summed E-state index contributed by atoms with van der Waals surface area (Å²) in [5, 5.41) is 1.96. The number of hydrogen-bond donors (Lipinski definition) is 0. The number of fused-ring (bicyclic) bond motifs is 1. The van der Waals surface area contributed by atoms with E-state index in [1.165, 1.54) is 24.2 Å². The predicted octanol–water partition coefficient (Wildman–Crippen LogP) is 3.46. The van der Waals surface area contributed by atoms with Crippen molar-refractivity contribution < 1.29 is 4.79 Å². The Kier molecular flexibility index (Phi) is 4.34. The van der Waals surface area contributed by atoms with Gasteiger partial charge >= 0.3 is 5.69 Å². The van der Waals surface area contributed by atoms with Crippen molar-refractivity contribution in [2.24, 2.45) is 5.92 Å². The van der Waals surface area contributed by atoms with Gasteiger partial charge in [-0.15, -0.1) is 11.3 Å². The number of pyridine rings is 1. The summed E-state index contributed by atoms with van der Waals surface area (Å²) in [6, 6.07) is 5.84. The van der Waals surface area contributed by atoms with Crippen molar-refractivity contribution in [1.82, 2.24) is 19.0 Å². The van der Waals surface area contributed by atoms with Crippen LogP contribution in [0.25, 0.3) is 11.2 Å². The monoisotopic (exact) mass is 396 g/mol. The third-order valence-electron chi connectivity index (χ3n) is 5.96. The fourth-order valence-corrected chi connectivity index (χ4v) is 5.15. The first-order valence-electron chi connectivity index (χ1n) is 10.0. The Hall–Kier alpha value is -2.41. The van der Waals surface area contributed by atoms with Crippen LogP contribution < -0.4 is 5.69 Å². The lowest BCUT2D eigenvalue weighted by atomic mass is 10.0. The van der Waals surface area contributed by atoms with Gasteiger partial charge in [0.2, 0.25) is 0 Å². The van der Waals surface area contributed by atoms with Crippen LogP contribution in [0.4, 0.5) is 0 Å². The van der Waals surface area contributed by atoms with E-state index < -0.39 is 0 Å². The molecule has 1 saturated carbocycles. The highest BCUT2D eigenvalue weighted by Crippen LogP contribution is 2.32. The van der Waals surface area contributed by atoms with Gasteiger partial charge in [0.15, 0.2) is 5.65 Å². The maximum absolute atomic E-state index is 13.3. The SMILES string of the molecule is Cc1ccsc1C(=O)N1CCC[C@H](n2c(=O)n(CC3CC3)c3cccnc32)C1. The van der Waals surface area contributed by atoms with Crippen molar-refractivity contribution in [2.45, 2.75) is 45.2 Å². The molecule has 4 heterocycles. The second-order valence-electron chi connectivity index (χ2n) is 8.03. The summed E-state index contributed by atoms with van der Waals surface area (Å²) in [5.41, 5.74) is 2.71. The lowest BCUT2D eigenvalue weighted by molar-refractivity contribution is 0.0683. The molecule has 1 atom stereocenters. The van der Waals surface area contributed by atoms with Crippen molar-refractivity contribution in [3.63, 3.8) is 0 Å². The molecule has 0 bridgehead atoms. The van der Waals surface area contributed by atoms with Crippen molar-refractivity contribution in [2.75, 3.05) is 13.1 Å². The molecule has 0 unspecified atom stereocenters. The van der Waals surface area contributed by atoms with Crippen LogP contribution in [0, 0.1) is 12.8 Å². The zero-order valence-corrected chi connectivity index (χ0v) is 16.8. The minimum atomic E-state index is -0.0247. The van der Waals surface area contributed by atoms with Gasteiger partial charge in [-0.2, -0.15) is 0 Å². The largest absolute Gasteiger partial charge is 0.336 e. The van der Waals surface area contributed by atoms with Crippen LogP contribution in [0.3, 0.4) is 0 Å². The Morgan fingerprint density at radius 1 is 1.29 bits per heavy atom. The maximum atomic E-state index is 13.3. The van der Waals surface area contributed by atoms with Crippen molar-refractivity contribution in [1.29, 1.82) is 0 Å². The van der Waals surface area contributed by atoms with E-state index in [1.54, 1.807) is 6.20 Å². The van der Waals surface area contributed by atoms with Crippen LogP contribution in [0.1, 0.15) is 47.0 Å². The Balaban J connectivity index is 1.49. The molecule has 5 rings (SSSR count). The molecule has 6 nitrogen and oxygen atoms in total. The van der Waals surface area contributed by atoms with Crippen molar-refractivity contribution in [3.8, 4) is 0 Å². The Labute approximate surface area is 167 Å². The molecule has 0 spiro atoms. The molecule has 0 radical (unpaired) electrons. The van der Waals surface area contributed by atoms with Gasteiger partial charge in [0.1, 0.15) is 0 Å². The summed E-state index contributed by atoms with van der Waals surface area (Å²) < 4.78 is 3.74. The topological polar surface area (TPSA) is 60.1 Å². The number of carbonyl (C=O) groups is 1. The third kappa shape index (κ3) is 2.98. The van der Waals surface area contributed by atoms with Crippen LogP contribution in [0.15, 0.2) is 34.6 Å². The van der Waals surface area contributed by atoms with E-state index in [2.05, 4.69) is 4.98 Å². The van der Waals surface area contributed by atoms with Gasteiger partial charge in [0.25, 0.3) is 5.91 Å². The first-order valence-corrected chi connectivity index (χ1v) is 10.9. The van der Waals surface area contributed by atoms with Crippen molar-refractivity contribution >= 4 is 28.4 Å². The first-order chi connectivity index (χ1) is 13.6. The number of rotatable bonds is 4. The zero-order valence-electron chi connectivity index (χ0n) is 16.0. The van der Waals surface area contributed by atoms with Gasteiger partial charge in [-0.3, -0.25) is 13.9 Å². The highest BCUT2D eigenvalue weighted by molar-refractivity contribution is 7.12. The molecule has 1 saturated heterocycles. The number of aromatic nitrogens is 3. The average Bonchev–Trinajstić information content (AvgIpc) is 3.37. The molecule has 0 N–H and O–H groups in total. The quantitative estimate of drug-likeness (QED) is 0.679. The Morgan fingerprint density at radius 2 is 2.14 bits per heavy atom. The Bertz CT molecular complexity index is 1090. The molecule has 0 aromatic carbocycles. The van der Waals surface area contributed by atoms with Gasteiger partial charge in [-0.05, 0) is 67.7 Å². The van der Waals surface area contributed by atoms with E-state index >= 15 is 0 Å². The van der Waals surface area contributed by atoms with E-state index in [4.69, 9.17) is 0 Å². The number of aryl methyl sites for hydroxylation is 1. The normalized spacial score (nSPS) is 20.0. The fraction of sp³-hybridized carbons (Fsp3) is 0.476. The number of amides is 1. The fourth-order valence-electron chi connectivity index (χ4n) is 4.26. The number of nitrogens with zero attached hydrogens (tertiary/aromatic N) is 4. The van der Waals surface area contributed by atoms with Gasteiger partial charge in [-0.25, -0.2) is 9.78 Å². The van der Waals surface area contributed by atoms with Crippen molar-refractivity contribution in [3.05, 3.63) is 50.7 Å². The predicted molar refractivity (Wildman–Crippen MR) is 110 cm³/mol. The summed E-state index contributed by atoms with van der Waals surface area (Å²) in [7, 11) is 0. The van der Waals surface area contributed by atoms with Crippen LogP contribution in [0.5, 0.6) is 0 Å². The van der Waals surface area contributed by atoms with Crippen LogP contribution in [0.2, 0.25) is 0 Å². The summed E-state index contributed by atoms with van der Waals surface area (Å²) in [6.07, 6.45) is 5.94. The van der Waals surface area contributed by atoms with Gasteiger partial charge in [0.05, 0.1) is 16.4 Å². The van der Waals surface area contributed by atoms with Crippen LogP contribution in [-0.4, -0.2) is 38.0 Å². The van der Waals surface area contributed by atoms with Crippen LogP contribution >= 0.6 is 11.3 Å².